The first-order valence-corrected chi connectivity index (χ1v) is 11.4. The number of methoxy groups -OCH3 is 2. The zero-order valence-electron chi connectivity index (χ0n) is 20.3. The number of unbranched alkanes of at least 4 members (excludes halogenated alkanes) is 1. The molecule has 1 aliphatic heterocycles. The summed E-state index contributed by atoms with van der Waals surface area (Å²) in [7, 11) is 5.05. The minimum Gasteiger partial charge on any atom is -0.493 e. The molecule has 0 unspecified atom stereocenters. The van der Waals surface area contributed by atoms with Crippen LogP contribution in [0.5, 0.6) is 11.5 Å². The highest BCUT2D eigenvalue weighted by Gasteiger charge is 2.16. The van der Waals surface area contributed by atoms with Crippen molar-refractivity contribution >= 4 is 41.3 Å². The van der Waals surface area contributed by atoms with Gasteiger partial charge in [-0.3, -0.25) is 9.89 Å². The second-order valence-corrected chi connectivity index (χ2v) is 8.07. The molecule has 1 saturated heterocycles. The molecule has 33 heavy (non-hydrogen) atoms. The molecule has 0 aliphatic carbocycles. The van der Waals surface area contributed by atoms with E-state index in [2.05, 4.69) is 56.6 Å². The van der Waals surface area contributed by atoms with E-state index in [4.69, 9.17) is 9.47 Å². The number of aryl methyl sites for hydroxylation is 1. The molecule has 0 amide bonds. The molecule has 3 rings (SSSR count). The fourth-order valence-corrected chi connectivity index (χ4v) is 3.95. The number of hydrogen-bond acceptors (Lipinski definition) is 5. The number of nitrogens with one attached hydrogen (secondary N) is 2. The molecular weight excluding hydrogens is 529 g/mol. The van der Waals surface area contributed by atoms with Crippen molar-refractivity contribution in [3.63, 3.8) is 0 Å². The number of benzene rings is 2. The average Bonchev–Trinajstić information content (AvgIpc) is 2.83. The van der Waals surface area contributed by atoms with Crippen molar-refractivity contribution in [1.29, 1.82) is 0 Å². The smallest absolute Gasteiger partial charge is 0.195 e. The van der Waals surface area contributed by atoms with E-state index in [0.717, 1.165) is 57.3 Å². The number of aliphatic imine (C=N–C) groups is 1. The molecular formula is C25H38IN5O2. The largest absolute Gasteiger partial charge is 0.493 e. The van der Waals surface area contributed by atoms with Crippen LogP contribution in [0.25, 0.3) is 0 Å². The molecule has 2 aromatic carbocycles. The molecule has 0 radical (unpaired) electrons. The minimum atomic E-state index is 0. The Morgan fingerprint density at radius 1 is 0.970 bits per heavy atom. The molecule has 182 valence electrons. The van der Waals surface area contributed by atoms with Crippen LogP contribution in [0.4, 0.5) is 11.4 Å². The van der Waals surface area contributed by atoms with Gasteiger partial charge in [-0.25, -0.2) is 0 Å². The third-order valence-corrected chi connectivity index (χ3v) is 5.80. The van der Waals surface area contributed by atoms with Gasteiger partial charge >= 0.3 is 0 Å². The van der Waals surface area contributed by atoms with E-state index in [1.54, 1.807) is 21.3 Å². The zero-order chi connectivity index (χ0) is 22.8. The van der Waals surface area contributed by atoms with Crippen LogP contribution in [0.2, 0.25) is 0 Å². The fourth-order valence-electron chi connectivity index (χ4n) is 3.95. The number of guanidine groups is 1. The average molecular weight is 568 g/mol. The number of rotatable bonds is 9. The van der Waals surface area contributed by atoms with E-state index < -0.39 is 0 Å². The van der Waals surface area contributed by atoms with Crippen molar-refractivity contribution in [2.75, 3.05) is 70.8 Å². The highest BCUT2D eigenvalue weighted by Crippen LogP contribution is 2.29. The van der Waals surface area contributed by atoms with Crippen LogP contribution in [0.1, 0.15) is 18.4 Å². The Kier molecular flexibility index (Phi) is 11.6. The van der Waals surface area contributed by atoms with Crippen LogP contribution < -0.4 is 25.0 Å². The van der Waals surface area contributed by atoms with Gasteiger partial charge in [0, 0.05) is 57.2 Å². The maximum atomic E-state index is 5.37. The van der Waals surface area contributed by atoms with Crippen molar-refractivity contribution in [2.45, 2.75) is 19.8 Å². The molecule has 0 atom stereocenters. The number of halogens is 1. The Bertz CT molecular complexity index is 885. The van der Waals surface area contributed by atoms with Gasteiger partial charge in [0.15, 0.2) is 17.5 Å². The Labute approximate surface area is 215 Å². The first kappa shape index (κ1) is 27.0. The number of piperazine rings is 1. The maximum absolute atomic E-state index is 5.37. The number of anilines is 2. The van der Waals surface area contributed by atoms with Crippen molar-refractivity contribution in [3.05, 3.63) is 48.0 Å². The second kappa shape index (κ2) is 14.1. The normalized spacial score (nSPS) is 14.4. The molecule has 1 heterocycles. The molecule has 8 heteroatoms. The second-order valence-electron chi connectivity index (χ2n) is 8.07. The van der Waals surface area contributed by atoms with Gasteiger partial charge in [-0.15, -0.1) is 24.0 Å². The quantitative estimate of drug-likeness (QED) is 0.205. The van der Waals surface area contributed by atoms with Crippen LogP contribution in [-0.2, 0) is 0 Å². The van der Waals surface area contributed by atoms with Gasteiger partial charge < -0.3 is 25.0 Å². The third kappa shape index (κ3) is 8.26. The van der Waals surface area contributed by atoms with E-state index >= 15 is 0 Å². The molecule has 1 aliphatic rings. The van der Waals surface area contributed by atoms with Crippen molar-refractivity contribution in [3.8, 4) is 11.5 Å². The zero-order valence-corrected chi connectivity index (χ0v) is 22.6. The summed E-state index contributed by atoms with van der Waals surface area (Å²) in [6.07, 6.45) is 2.27. The predicted octanol–water partition coefficient (Wildman–Crippen LogP) is 4.22. The highest BCUT2D eigenvalue weighted by atomic mass is 127. The summed E-state index contributed by atoms with van der Waals surface area (Å²) in [6.45, 7) is 8.65. The summed E-state index contributed by atoms with van der Waals surface area (Å²) >= 11 is 0. The third-order valence-electron chi connectivity index (χ3n) is 5.80. The topological polar surface area (TPSA) is 61.4 Å². The fraction of sp³-hybridized carbons (Fsp3) is 0.480. The Morgan fingerprint density at radius 2 is 1.73 bits per heavy atom. The van der Waals surface area contributed by atoms with Crippen LogP contribution in [0.3, 0.4) is 0 Å². The van der Waals surface area contributed by atoms with Crippen LogP contribution in [0.15, 0.2) is 47.5 Å². The summed E-state index contributed by atoms with van der Waals surface area (Å²) < 4.78 is 10.7. The standard InChI is InChI=1S/C25H37N5O2.HI/c1-20-8-7-9-22(18-20)30-16-14-29(15-17-30)13-6-5-12-27-25(26-2)28-21-10-11-23(31-3)24(19-21)32-4;/h7-11,18-19H,5-6,12-17H2,1-4H3,(H2,26,27,28);1H. The summed E-state index contributed by atoms with van der Waals surface area (Å²) in [5.41, 5.74) is 3.58. The van der Waals surface area contributed by atoms with Gasteiger partial charge in [0.05, 0.1) is 14.2 Å². The molecule has 0 bridgehead atoms. The molecule has 0 aromatic heterocycles. The van der Waals surface area contributed by atoms with Crippen molar-refractivity contribution < 1.29 is 9.47 Å². The Morgan fingerprint density at radius 3 is 2.39 bits per heavy atom. The van der Waals surface area contributed by atoms with E-state index in [1.807, 2.05) is 18.2 Å². The summed E-state index contributed by atoms with van der Waals surface area (Å²) in [6, 6.07) is 14.5. The first-order valence-electron chi connectivity index (χ1n) is 11.4. The minimum absolute atomic E-state index is 0. The molecule has 0 spiro atoms. The van der Waals surface area contributed by atoms with Crippen LogP contribution >= 0.6 is 24.0 Å². The van der Waals surface area contributed by atoms with Crippen LogP contribution in [-0.4, -0.2) is 71.4 Å². The number of hydrogen-bond donors (Lipinski definition) is 2. The van der Waals surface area contributed by atoms with Gasteiger partial charge in [-0.05, 0) is 56.1 Å². The lowest BCUT2D eigenvalue weighted by atomic mass is 10.2. The van der Waals surface area contributed by atoms with Gasteiger partial charge in [0.2, 0.25) is 0 Å². The Hall–Kier alpha value is -2.20. The van der Waals surface area contributed by atoms with Crippen molar-refractivity contribution in [1.82, 2.24) is 10.2 Å². The number of ether oxygens (including phenoxy) is 2. The highest BCUT2D eigenvalue weighted by molar-refractivity contribution is 14.0. The lowest BCUT2D eigenvalue weighted by molar-refractivity contribution is 0.253. The molecule has 2 aromatic rings. The molecule has 2 N–H and O–H groups in total. The van der Waals surface area contributed by atoms with E-state index in [0.29, 0.717) is 11.5 Å². The van der Waals surface area contributed by atoms with Gasteiger partial charge in [0.1, 0.15) is 0 Å². The van der Waals surface area contributed by atoms with Gasteiger partial charge in [-0.2, -0.15) is 0 Å². The summed E-state index contributed by atoms with van der Waals surface area (Å²) in [5.74, 6) is 2.15. The molecule has 1 fully saturated rings. The maximum Gasteiger partial charge on any atom is 0.195 e. The van der Waals surface area contributed by atoms with E-state index in [-0.39, 0.29) is 24.0 Å². The lowest BCUT2D eigenvalue weighted by Gasteiger charge is -2.36. The van der Waals surface area contributed by atoms with Crippen LogP contribution in [0, 0.1) is 6.92 Å². The molecule has 0 saturated carbocycles. The predicted molar refractivity (Wildman–Crippen MR) is 149 cm³/mol. The monoisotopic (exact) mass is 567 g/mol. The van der Waals surface area contributed by atoms with Crippen molar-refractivity contribution in [2.24, 2.45) is 4.99 Å². The summed E-state index contributed by atoms with van der Waals surface area (Å²) in [5, 5.41) is 6.70. The first-order chi connectivity index (χ1) is 15.6. The van der Waals surface area contributed by atoms with E-state index in [1.165, 1.54) is 17.7 Å². The Balaban J connectivity index is 0.00000385. The SMILES string of the molecule is CN=C(NCCCCN1CCN(c2cccc(C)c2)CC1)Nc1ccc(OC)c(OC)c1.I. The number of nitrogens with zero attached hydrogens (tertiary/aromatic N) is 3. The van der Waals surface area contributed by atoms with Gasteiger partial charge in [-0.1, -0.05) is 12.1 Å². The summed E-state index contributed by atoms with van der Waals surface area (Å²) in [4.78, 5) is 9.39. The van der Waals surface area contributed by atoms with Gasteiger partial charge in [0.25, 0.3) is 0 Å². The lowest BCUT2D eigenvalue weighted by Crippen LogP contribution is -2.46. The molecule has 7 nitrogen and oxygen atoms in total. The van der Waals surface area contributed by atoms with E-state index in [9.17, 15) is 0 Å².